The molecule has 8 heteroatoms. The van der Waals surface area contributed by atoms with Crippen molar-refractivity contribution in [3.8, 4) is 22.7 Å². The van der Waals surface area contributed by atoms with Crippen LogP contribution in [-0.4, -0.2) is 38.6 Å². The van der Waals surface area contributed by atoms with Gasteiger partial charge >= 0.3 is 0 Å². The van der Waals surface area contributed by atoms with Gasteiger partial charge in [0, 0.05) is 22.7 Å². The maximum absolute atomic E-state index is 12.7. The number of nitrogens with one attached hydrogen (secondary N) is 3. The van der Waals surface area contributed by atoms with Crippen LogP contribution < -0.4 is 10.6 Å². The quantitative estimate of drug-likeness (QED) is 0.443. The smallest absolute Gasteiger partial charge is 0.288 e. The van der Waals surface area contributed by atoms with E-state index in [2.05, 4.69) is 39.7 Å². The number of amides is 2. The van der Waals surface area contributed by atoms with Crippen LogP contribution in [0.3, 0.4) is 0 Å². The number of carbonyl (C=O) groups is 2. The second-order valence-electron chi connectivity index (χ2n) is 9.21. The van der Waals surface area contributed by atoms with E-state index in [4.69, 9.17) is 4.42 Å². The highest BCUT2D eigenvalue weighted by atomic mass is 16.4. The lowest BCUT2D eigenvalue weighted by Crippen LogP contribution is -2.45. The zero-order valence-electron chi connectivity index (χ0n) is 19.6. The summed E-state index contributed by atoms with van der Waals surface area (Å²) >= 11 is 0. The number of aromatic amines is 1. The number of carbonyl (C=O) groups excluding carboxylic acids is 2. The van der Waals surface area contributed by atoms with Crippen molar-refractivity contribution in [2.45, 2.75) is 65.0 Å². The summed E-state index contributed by atoms with van der Waals surface area (Å²) in [4.78, 5) is 29.4. The minimum absolute atomic E-state index is 0.107. The largest absolute Gasteiger partial charge is 0.431 e. The van der Waals surface area contributed by atoms with Crippen LogP contribution in [0.4, 0.5) is 0 Å². The van der Waals surface area contributed by atoms with Crippen LogP contribution in [0.25, 0.3) is 22.7 Å². The van der Waals surface area contributed by atoms with E-state index in [0.717, 1.165) is 36.8 Å². The number of benzene rings is 1. The number of oxazole rings is 1. The van der Waals surface area contributed by atoms with Crippen LogP contribution in [0.5, 0.6) is 0 Å². The molecule has 0 unspecified atom stereocenters. The van der Waals surface area contributed by atoms with Crippen LogP contribution >= 0.6 is 0 Å². The van der Waals surface area contributed by atoms with Gasteiger partial charge in [-0.25, -0.2) is 4.98 Å². The Morgan fingerprint density at radius 2 is 1.88 bits per heavy atom. The molecule has 1 saturated carbocycles. The predicted octanol–water partition coefficient (Wildman–Crippen LogP) is 4.57. The maximum Gasteiger partial charge on any atom is 0.288 e. The second kappa shape index (κ2) is 9.21. The zero-order valence-corrected chi connectivity index (χ0v) is 19.6. The van der Waals surface area contributed by atoms with Gasteiger partial charge in [-0.05, 0) is 63.6 Å². The van der Waals surface area contributed by atoms with Crippen molar-refractivity contribution >= 4 is 11.8 Å². The van der Waals surface area contributed by atoms with E-state index in [1.807, 2.05) is 38.1 Å². The molecule has 0 atom stereocenters. The van der Waals surface area contributed by atoms with Gasteiger partial charge in [0.05, 0.1) is 11.9 Å². The molecule has 0 spiro atoms. The lowest BCUT2D eigenvalue weighted by atomic mass is 9.98. The summed E-state index contributed by atoms with van der Waals surface area (Å²) in [6.07, 6.45) is 5.45. The van der Waals surface area contributed by atoms with E-state index in [-0.39, 0.29) is 29.2 Å². The van der Waals surface area contributed by atoms with E-state index >= 15 is 0 Å². The summed E-state index contributed by atoms with van der Waals surface area (Å²) in [5, 5.41) is 13.2. The first-order valence-electron chi connectivity index (χ1n) is 11.6. The van der Waals surface area contributed by atoms with Crippen LogP contribution in [-0.2, 0) is 0 Å². The van der Waals surface area contributed by atoms with Crippen LogP contribution in [0, 0.1) is 5.92 Å². The SMILES string of the molecule is CCC(CC)NC(=O)c1cnc(-c2cccc(-c3cc(C(=O)NC(C)(C)C4CC4)[nH]n3)c2)o1. The number of aromatic nitrogens is 3. The Morgan fingerprint density at radius 3 is 2.58 bits per heavy atom. The summed E-state index contributed by atoms with van der Waals surface area (Å²) in [6, 6.07) is 9.34. The molecule has 2 amide bonds. The lowest BCUT2D eigenvalue weighted by molar-refractivity contribution is 0.0893. The monoisotopic (exact) mass is 449 g/mol. The Hall–Kier alpha value is -3.42. The summed E-state index contributed by atoms with van der Waals surface area (Å²) in [6.45, 7) is 8.17. The first-order chi connectivity index (χ1) is 15.8. The third-order valence-corrected chi connectivity index (χ3v) is 6.31. The Kier molecular flexibility index (Phi) is 6.35. The average Bonchev–Trinajstić information content (AvgIpc) is 3.36. The molecule has 1 aromatic carbocycles. The maximum atomic E-state index is 12.7. The van der Waals surface area contributed by atoms with Gasteiger partial charge in [0.2, 0.25) is 11.7 Å². The molecule has 33 heavy (non-hydrogen) atoms. The summed E-state index contributed by atoms with van der Waals surface area (Å²) in [5.74, 6) is 0.631. The Bertz CT molecular complexity index is 1140. The van der Waals surface area contributed by atoms with Crippen molar-refractivity contribution in [2.24, 2.45) is 5.92 Å². The molecule has 0 saturated heterocycles. The molecule has 174 valence electrons. The summed E-state index contributed by atoms with van der Waals surface area (Å²) in [5.41, 5.74) is 2.36. The molecule has 0 bridgehead atoms. The van der Waals surface area contributed by atoms with Crippen molar-refractivity contribution in [1.29, 1.82) is 0 Å². The highest BCUT2D eigenvalue weighted by molar-refractivity contribution is 5.94. The third-order valence-electron chi connectivity index (χ3n) is 6.31. The minimum atomic E-state index is -0.268. The number of H-pyrrole nitrogens is 1. The topological polar surface area (TPSA) is 113 Å². The molecule has 1 aliphatic rings. The van der Waals surface area contributed by atoms with Crippen molar-refractivity contribution < 1.29 is 14.0 Å². The van der Waals surface area contributed by atoms with Crippen molar-refractivity contribution in [3.63, 3.8) is 0 Å². The Morgan fingerprint density at radius 1 is 1.15 bits per heavy atom. The predicted molar refractivity (Wildman–Crippen MR) is 126 cm³/mol. The average molecular weight is 450 g/mol. The van der Waals surface area contributed by atoms with Crippen LogP contribution in [0.1, 0.15) is 74.4 Å². The fourth-order valence-electron chi connectivity index (χ4n) is 3.93. The number of hydrogen-bond acceptors (Lipinski definition) is 5. The van der Waals surface area contributed by atoms with Gasteiger partial charge in [0.15, 0.2) is 0 Å². The molecule has 8 nitrogen and oxygen atoms in total. The number of nitrogens with zero attached hydrogens (tertiary/aromatic N) is 2. The third kappa shape index (κ3) is 5.16. The molecular weight excluding hydrogens is 418 g/mol. The molecular formula is C25H31N5O3. The molecule has 3 aromatic rings. The molecule has 1 fully saturated rings. The lowest BCUT2D eigenvalue weighted by Gasteiger charge is -2.25. The van der Waals surface area contributed by atoms with Crippen molar-refractivity contribution in [3.05, 3.63) is 48.0 Å². The molecule has 0 radical (unpaired) electrons. The molecule has 4 rings (SSSR count). The fourth-order valence-corrected chi connectivity index (χ4v) is 3.93. The molecule has 1 aliphatic carbocycles. The molecule has 0 aliphatic heterocycles. The molecule has 3 N–H and O–H groups in total. The van der Waals surface area contributed by atoms with E-state index < -0.39 is 0 Å². The van der Waals surface area contributed by atoms with Gasteiger partial charge in [-0.3, -0.25) is 14.7 Å². The first kappa shape index (κ1) is 22.8. The van der Waals surface area contributed by atoms with Crippen molar-refractivity contribution in [1.82, 2.24) is 25.8 Å². The standard InChI is InChI=1S/C25H31N5O3/c1-5-18(6-2)27-23(32)21-14-26-24(33-21)16-9-7-8-15(12-16)19-13-20(30-29-19)22(31)28-25(3,4)17-10-11-17/h7-9,12-14,17-18H,5-6,10-11H2,1-4H3,(H,27,32)(H,28,31)(H,29,30). The van der Waals surface area contributed by atoms with Crippen LogP contribution in [0.2, 0.25) is 0 Å². The second-order valence-corrected chi connectivity index (χ2v) is 9.21. The van der Waals surface area contributed by atoms with Gasteiger partial charge in [0.25, 0.3) is 11.8 Å². The highest BCUT2D eigenvalue weighted by Crippen LogP contribution is 2.39. The van der Waals surface area contributed by atoms with E-state index in [1.165, 1.54) is 6.20 Å². The normalized spacial score (nSPS) is 13.8. The minimum Gasteiger partial charge on any atom is -0.431 e. The van der Waals surface area contributed by atoms with Crippen molar-refractivity contribution in [2.75, 3.05) is 0 Å². The van der Waals surface area contributed by atoms with Crippen LogP contribution in [0.15, 0.2) is 40.9 Å². The van der Waals surface area contributed by atoms with Gasteiger partial charge in [-0.15, -0.1) is 0 Å². The Balaban J connectivity index is 1.48. The van der Waals surface area contributed by atoms with Gasteiger partial charge in [-0.1, -0.05) is 26.0 Å². The molecule has 2 heterocycles. The summed E-state index contributed by atoms with van der Waals surface area (Å²) in [7, 11) is 0. The zero-order chi connectivity index (χ0) is 23.6. The number of rotatable bonds is 9. The van der Waals surface area contributed by atoms with Gasteiger partial charge in [0.1, 0.15) is 5.69 Å². The summed E-state index contributed by atoms with van der Waals surface area (Å²) < 4.78 is 5.72. The van der Waals surface area contributed by atoms with E-state index in [0.29, 0.717) is 23.2 Å². The Labute approximate surface area is 193 Å². The van der Waals surface area contributed by atoms with Gasteiger partial charge in [-0.2, -0.15) is 5.10 Å². The van der Waals surface area contributed by atoms with E-state index in [9.17, 15) is 9.59 Å². The first-order valence-corrected chi connectivity index (χ1v) is 11.6. The number of hydrogen-bond donors (Lipinski definition) is 3. The van der Waals surface area contributed by atoms with E-state index in [1.54, 1.807) is 6.07 Å². The van der Waals surface area contributed by atoms with Gasteiger partial charge < -0.3 is 15.1 Å². The molecule has 2 aromatic heterocycles. The highest BCUT2D eigenvalue weighted by Gasteiger charge is 2.39. The fraction of sp³-hybridized carbons (Fsp3) is 0.440.